The van der Waals surface area contributed by atoms with Gasteiger partial charge in [0.15, 0.2) is 0 Å². The Morgan fingerprint density at radius 1 is 1.25 bits per heavy atom. The fourth-order valence-electron chi connectivity index (χ4n) is 2.33. The molecule has 5 heteroatoms. The molecule has 2 rings (SSSR count). The number of carbonyl (C=O) groups is 2. The largest absolute Gasteiger partial charge is 0.481 e. The normalized spacial score (nSPS) is 21.5. The van der Waals surface area contributed by atoms with E-state index in [2.05, 4.69) is 5.32 Å². The number of hydrogen-bond donors (Lipinski definition) is 2. The summed E-state index contributed by atoms with van der Waals surface area (Å²) >= 11 is 5.91. The fourth-order valence-corrected chi connectivity index (χ4v) is 2.50. The quantitative estimate of drug-likeness (QED) is 0.841. The number of nitrogens with one attached hydrogen (secondary N) is 1. The second-order valence-corrected chi connectivity index (χ2v) is 5.38. The van der Waals surface area contributed by atoms with E-state index < -0.39 is 17.8 Å². The van der Waals surface area contributed by atoms with E-state index in [1.165, 1.54) is 0 Å². The Kier molecular flexibility index (Phi) is 4.45. The number of carboxylic acids is 1. The van der Waals surface area contributed by atoms with Gasteiger partial charge in [0.2, 0.25) is 5.91 Å². The van der Waals surface area contributed by atoms with Crippen LogP contribution in [0.15, 0.2) is 30.4 Å². The highest BCUT2D eigenvalue weighted by molar-refractivity contribution is 6.31. The van der Waals surface area contributed by atoms with Crippen LogP contribution in [-0.2, 0) is 9.59 Å². The van der Waals surface area contributed by atoms with Gasteiger partial charge in [-0.3, -0.25) is 9.59 Å². The van der Waals surface area contributed by atoms with E-state index >= 15 is 0 Å². The molecule has 1 aliphatic rings. The standard InChI is InChI=1S/C15H16ClNO3/c1-9-6-7-10(16)8-13(9)17-14(18)11-4-2-3-5-12(11)15(19)20/h2-3,6-8,11-12H,4-5H2,1H3,(H,17,18)(H,19,20)/t11-,12-/m1/s1. The smallest absolute Gasteiger partial charge is 0.307 e. The minimum Gasteiger partial charge on any atom is -0.481 e. The molecule has 1 aromatic carbocycles. The van der Waals surface area contributed by atoms with Crippen LogP contribution in [0.1, 0.15) is 18.4 Å². The van der Waals surface area contributed by atoms with Crippen LogP contribution >= 0.6 is 11.6 Å². The van der Waals surface area contributed by atoms with Gasteiger partial charge in [-0.2, -0.15) is 0 Å². The zero-order valence-electron chi connectivity index (χ0n) is 11.1. The summed E-state index contributed by atoms with van der Waals surface area (Å²) in [4.78, 5) is 23.5. The van der Waals surface area contributed by atoms with Crippen molar-refractivity contribution >= 4 is 29.2 Å². The van der Waals surface area contributed by atoms with Crippen molar-refractivity contribution in [3.8, 4) is 0 Å². The monoisotopic (exact) mass is 293 g/mol. The zero-order chi connectivity index (χ0) is 14.7. The van der Waals surface area contributed by atoms with Gasteiger partial charge in [0, 0.05) is 10.7 Å². The van der Waals surface area contributed by atoms with Gasteiger partial charge in [-0.1, -0.05) is 29.8 Å². The highest BCUT2D eigenvalue weighted by atomic mass is 35.5. The van der Waals surface area contributed by atoms with Gasteiger partial charge < -0.3 is 10.4 Å². The maximum atomic E-state index is 12.3. The first-order valence-electron chi connectivity index (χ1n) is 6.44. The van der Waals surface area contributed by atoms with Gasteiger partial charge >= 0.3 is 5.97 Å². The van der Waals surface area contributed by atoms with Crippen molar-refractivity contribution in [3.05, 3.63) is 40.9 Å². The van der Waals surface area contributed by atoms with E-state index in [4.69, 9.17) is 11.6 Å². The van der Waals surface area contributed by atoms with Crippen LogP contribution in [0.2, 0.25) is 5.02 Å². The van der Waals surface area contributed by atoms with Crippen molar-refractivity contribution in [2.24, 2.45) is 11.8 Å². The topological polar surface area (TPSA) is 66.4 Å². The van der Waals surface area contributed by atoms with Gasteiger partial charge in [-0.15, -0.1) is 0 Å². The number of hydrogen-bond acceptors (Lipinski definition) is 2. The number of aliphatic carboxylic acids is 1. The second kappa shape index (κ2) is 6.09. The lowest BCUT2D eigenvalue weighted by Gasteiger charge is -2.24. The van der Waals surface area contributed by atoms with E-state index in [0.29, 0.717) is 23.6 Å². The Balaban J connectivity index is 2.16. The van der Waals surface area contributed by atoms with E-state index in [0.717, 1.165) is 5.56 Å². The van der Waals surface area contributed by atoms with E-state index in [1.54, 1.807) is 12.1 Å². The lowest BCUT2D eigenvalue weighted by atomic mass is 9.82. The van der Waals surface area contributed by atoms with Crippen molar-refractivity contribution in [1.29, 1.82) is 0 Å². The number of carboxylic acid groups (broad SMARTS) is 1. The van der Waals surface area contributed by atoms with Crippen LogP contribution in [0.3, 0.4) is 0 Å². The molecule has 0 aromatic heterocycles. The fraction of sp³-hybridized carbons (Fsp3) is 0.333. The minimum atomic E-state index is -0.933. The van der Waals surface area contributed by atoms with E-state index in [-0.39, 0.29) is 5.91 Å². The molecule has 0 heterocycles. The SMILES string of the molecule is Cc1ccc(Cl)cc1NC(=O)[C@@H]1CC=CC[C@H]1C(=O)O. The average molecular weight is 294 g/mol. The summed E-state index contributed by atoms with van der Waals surface area (Å²) < 4.78 is 0. The molecule has 4 nitrogen and oxygen atoms in total. The Morgan fingerprint density at radius 3 is 2.55 bits per heavy atom. The molecule has 1 aliphatic carbocycles. The number of aryl methyl sites for hydroxylation is 1. The number of allylic oxidation sites excluding steroid dienone is 2. The van der Waals surface area contributed by atoms with Gasteiger partial charge in [0.25, 0.3) is 0 Å². The summed E-state index contributed by atoms with van der Waals surface area (Å²) in [6.07, 6.45) is 4.51. The maximum Gasteiger partial charge on any atom is 0.307 e. The number of carbonyl (C=O) groups excluding carboxylic acids is 1. The van der Waals surface area contributed by atoms with E-state index in [9.17, 15) is 14.7 Å². The molecule has 1 aromatic rings. The first-order chi connectivity index (χ1) is 9.49. The van der Waals surface area contributed by atoms with Gasteiger partial charge in [0.1, 0.15) is 0 Å². The van der Waals surface area contributed by atoms with Crippen LogP contribution in [0, 0.1) is 18.8 Å². The van der Waals surface area contributed by atoms with Crippen molar-refractivity contribution in [2.75, 3.05) is 5.32 Å². The molecule has 0 unspecified atom stereocenters. The molecule has 2 N–H and O–H groups in total. The lowest BCUT2D eigenvalue weighted by molar-refractivity contribution is -0.146. The Labute approximate surface area is 122 Å². The predicted molar refractivity (Wildman–Crippen MR) is 77.8 cm³/mol. The number of anilines is 1. The van der Waals surface area contributed by atoms with Crippen LogP contribution in [0.25, 0.3) is 0 Å². The highest BCUT2D eigenvalue weighted by Gasteiger charge is 2.34. The summed E-state index contributed by atoms with van der Waals surface area (Å²) in [5.74, 6) is -2.42. The second-order valence-electron chi connectivity index (χ2n) is 4.94. The Bertz CT molecular complexity index is 568. The highest BCUT2D eigenvalue weighted by Crippen LogP contribution is 2.28. The summed E-state index contributed by atoms with van der Waals surface area (Å²) in [6.45, 7) is 1.86. The van der Waals surface area contributed by atoms with Crippen molar-refractivity contribution < 1.29 is 14.7 Å². The first-order valence-corrected chi connectivity index (χ1v) is 6.81. The van der Waals surface area contributed by atoms with Gasteiger partial charge in [-0.25, -0.2) is 0 Å². The van der Waals surface area contributed by atoms with E-state index in [1.807, 2.05) is 25.1 Å². The lowest BCUT2D eigenvalue weighted by Crippen LogP contribution is -2.34. The third-order valence-electron chi connectivity index (χ3n) is 3.54. The summed E-state index contributed by atoms with van der Waals surface area (Å²) in [6, 6.07) is 5.23. The molecule has 0 saturated carbocycles. The average Bonchev–Trinajstić information content (AvgIpc) is 2.42. The van der Waals surface area contributed by atoms with Crippen molar-refractivity contribution in [2.45, 2.75) is 19.8 Å². The molecular weight excluding hydrogens is 278 g/mol. The Morgan fingerprint density at radius 2 is 1.90 bits per heavy atom. The summed E-state index contributed by atoms with van der Waals surface area (Å²) in [5, 5.41) is 12.5. The molecule has 0 fully saturated rings. The van der Waals surface area contributed by atoms with Crippen LogP contribution < -0.4 is 5.32 Å². The van der Waals surface area contributed by atoms with Crippen LogP contribution in [0.4, 0.5) is 5.69 Å². The molecule has 0 aliphatic heterocycles. The summed E-state index contributed by atoms with van der Waals surface area (Å²) in [5.41, 5.74) is 1.52. The molecule has 0 saturated heterocycles. The summed E-state index contributed by atoms with van der Waals surface area (Å²) in [7, 11) is 0. The number of halogens is 1. The van der Waals surface area contributed by atoms with Gasteiger partial charge in [0.05, 0.1) is 11.8 Å². The molecule has 1 amide bonds. The van der Waals surface area contributed by atoms with Crippen molar-refractivity contribution in [3.63, 3.8) is 0 Å². The predicted octanol–water partition coefficient (Wildman–Crippen LogP) is 3.25. The molecule has 106 valence electrons. The number of benzene rings is 1. The third-order valence-corrected chi connectivity index (χ3v) is 3.78. The molecule has 0 bridgehead atoms. The zero-order valence-corrected chi connectivity index (χ0v) is 11.9. The minimum absolute atomic E-state index is 0.271. The molecule has 0 radical (unpaired) electrons. The maximum absolute atomic E-state index is 12.3. The van der Waals surface area contributed by atoms with Crippen LogP contribution in [-0.4, -0.2) is 17.0 Å². The van der Waals surface area contributed by atoms with Crippen molar-refractivity contribution in [1.82, 2.24) is 0 Å². The third kappa shape index (κ3) is 3.20. The number of amides is 1. The molecule has 2 atom stereocenters. The molecular formula is C15H16ClNO3. The first kappa shape index (κ1) is 14.6. The molecule has 0 spiro atoms. The molecule has 20 heavy (non-hydrogen) atoms. The van der Waals surface area contributed by atoms with Gasteiger partial charge in [-0.05, 0) is 37.5 Å². The van der Waals surface area contributed by atoms with Crippen LogP contribution in [0.5, 0.6) is 0 Å². The Hall–Kier alpha value is -1.81. The number of rotatable bonds is 3.